The average molecular weight is 284 g/mol. The van der Waals surface area contributed by atoms with Gasteiger partial charge in [-0.05, 0) is 20.8 Å². The number of aromatic amines is 1. The average Bonchev–Trinajstić information content (AvgIpc) is 2.33. The second kappa shape index (κ2) is 7.08. The predicted molar refractivity (Wildman–Crippen MR) is 71.3 cm³/mol. The maximum Gasteiger partial charge on any atom is 0.313 e. The normalized spacial score (nSPS) is 10.3. The summed E-state index contributed by atoms with van der Waals surface area (Å²) in [6, 6.07) is 0. The zero-order valence-electron chi connectivity index (χ0n) is 11.1. The molecule has 0 unspecified atom stereocenters. The topological polar surface area (TPSA) is 89.1 Å². The molecule has 1 aromatic heterocycles. The number of hydrogen-bond donors (Lipinski definition) is 1. The van der Waals surface area contributed by atoms with Gasteiger partial charge in [-0.3, -0.25) is 14.4 Å². The number of H-pyrrole nitrogens is 1. The fourth-order valence-electron chi connectivity index (χ4n) is 1.26. The summed E-state index contributed by atoms with van der Waals surface area (Å²) in [6.45, 7) is 5.35. The van der Waals surface area contributed by atoms with Crippen LogP contribution in [0.5, 0.6) is 0 Å². The number of ether oxygens (including phenoxy) is 1. The Balaban J connectivity index is 2.55. The van der Waals surface area contributed by atoms with Crippen LogP contribution in [-0.2, 0) is 14.3 Å². The molecule has 0 saturated carbocycles. The van der Waals surface area contributed by atoms with Crippen molar-refractivity contribution in [3.8, 4) is 0 Å². The Morgan fingerprint density at radius 2 is 2.05 bits per heavy atom. The molecule has 0 bridgehead atoms. The molecule has 1 heterocycles. The van der Waals surface area contributed by atoms with Crippen molar-refractivity contribution < 1.29 is 14.3 Å². The third-order valence-electron chi connectivity index (χ3n) is 2.39. The molecule has 0 spiro atoms. The van der Waals surface area contributed by atoms with Gasteiger partial charge in [-0.15, -0.1) is 0 Å². The summed E-state index contributed by atoms with van der Waals surface area (Å²) in [4.78, 5) is 40.8. The minimum Gasteiger partial charge on any atom is -0.466 e. The van der Waals surface area contributed by atoms with Crippen molar-refractivity contribution in [1.29, 1.82) is 0 Å². The number of nitrogens with zero attached hydrogens (tertiary/aromatic N) is 1. The standard InChI is InChI=1S/C12H16N2O4S/c1-4-18-10(16)5-9(15)6-19-12-13-8(3)7(2)11(17)14-12/h4-6H2,1-3H3,(H,13,14,17). The molecular formula is C12H16N2O4S. The number of Topliss-reactive ketones (excluding diaryl/α,β-unsaturated/α-hetero) is 1. The van der Waals surface area contributed by atoms with Crippen LogP contribution in [0.15, 0.2) is 9.95 Å². The van der Waals surface area contributed by atoms with E-state index < -0.39 is 5.97 Å². The molecule has 1 aromatic rings. The van der Waals surface area contributed by atoms with Crippen LogP contribution in [0.3, 0.4) is 0 Å². The second-order valence-corrected chi connectivity index (χ2v) is 4.85. The molecule has 6 nitrogen and oxygen atoms in total. The fourth-order valence-corrected chi connectivity index (χ4v) is 2.03. The highest BCUT2D eigenvalue weighted by molar-refractivity contribution is 7.99. The molecule has 0 radical (unpaired) electrons. The van der Waals surface area contributed by atoms with Gasteiger partial charge >= 0.3 is 5.97 Å². The van der Waals surface area contributed by atoms with Crippen molar-refractivity contribution in [1.82, 2.24) is 9.97 Å². The first kappa shape index (κ1) is 15.4. The van der Waals surface area contributed by atoms with E-state index in [1.165, 1.54) is 0 Å². The highest BCUT2D eigenvalue weighted by atomic mass is 32.2. The maximum absolute atomic E-state index is 11.5. The summed E-state index contributed by atoms with van der Waals surface area (Å²) >= 11 is 1.10. The van der Waals surface area contributed by atoms with E-state index in [1.807, 2.05) is 0 Å². The monoisotopic (exact) mass is 284 g/mol. The number of ketones is 1. The molecule has 0 aliphatic heterocycles. The van der Waals surface area contributed by atoms with Crippen LogP contribution in [0, 0.1) is 13.8 Å². The molecule has 7 heteroatoms. The number of aryl methyl sites for hydroxylation is 1. The van der Waals surface area contributed by atoms with E-state index in [-0.39, 0.29) is 30.1 Å². The lowest BCUT2D eigenvalue weighted by Gasteiger charge is -2.03. The van der Waals surface area contributed by atoms with Crippen LogP contribution in [0.4, 0.5) is 0 Å². The summed E-state index contributed by atoms with van der Waals surface area (Å²) in [6.07, 6.45) is -0.254. The molecule has 104 valence electrons. The Bertz CT molecular complexity index is 539. The molecule has 0 saturated heterocycles. The Kier molecular flexibility index (Phi) is 5.75. The summed E-state index contributed by atoms with van der Waals surface area (Å²) < 4.78 is 4.68. The van der Waals surface area contributed by atoms with Crippen molar-refractivity contribution in [3.63, 3.8) is 0 Å². The van der Waals surface area contributed by atoms with E-state index >= 15 is 0 Å². The lowest BCUT2D eigenvalue weighted by atomic mass is 10.3. The molecule has 1 N–H and O–H groups in total. The molecule has 0 amide bonds. The van der Waals surface area contributed by atoms with Gasteiger partial charge in [0.25, 0.3) is 5.56 Å². The maximum atomic E-state index is 11.5. The highest BCUT2D eigenvalue weighted by Gasteiger charge is 2.12. The number of aromatic nitrogens is 2. The number of esters is 1. The van der Waals surface area contributed by atoms with Crippen molar-refractivity contribution >= 4 is 23.5 Å². The molecule has 0 aliphatic carbocycles. The lowest BCUT2D eigenvalue weighted by Crippen LogP contribution is -2.16. The first-order valence-corrected chi connectivity index (χ1v) is 6.80. The van der Waals surface area contributed by atoms with Gasteiger partial charge in [0, 0.05) is 11.3 Å². The third-order valence-corrected chi connectivity index (χ3v) is 3.32. The Morgan fingerprint density at radius 3 is 2.63 bits per heavy atom. The van der Waals surface area contributed by atoms with E-state index in [2.05, 4.69) is 14.7 Å². The van der Waals surface area contributed by atoms with Gasteiger partial charge in [0.15, 0.2) is 10.9 Å². The molecule has 1 rings (SSSR count). The largest absolute Gasteiger partial charge is 0.466 e. The lowest BCUT2D eigenvalue weighted by molar-refractivity contribution is -0.145. The quantitative estimate of drug-likeness (QED) is 0.363. The smallest absolute Gasteiger partial charge is 0.313 e. The first-order chi connectivity index (χ1) is 8.93. The van der Waals surface area contributed by atoms with Gasteiger partial charge in [-0.25, -0.2) is 4.98 Å². The molecule has 0 aliphatic rings. The van der Waals surface area contributed by atoms with Crippen molar-refractivity contribution in [2.75, 3.05) is 12.4 Å². The number of carbonyl (C=O) groups is 2. The van der Waals surface area contributed by atoms with Gasteiger partial charge in [-0.1, -0.05) is 11.8 Å². The SMILES string of the molecule is CCOC(=O)CC(=O)CSc1nc(C)c(C)c(=O)[nH]1. The van der Waals surface area contributed by atoms with E-state index in [1.54, 1.807) is 20.8 Å². The van der Waals surface area contributed by atoms with Crippen molar-refractivity contribution in [3.05, 3.63) is 21.6 Å². The van der Waals surface area contributed by atoms with E-state index in [0.29, 0.717) is 16.4 Å². The van der Waals surface area contributed by atoms with Crippen LogP contribution in [0.1, 0.15) is 24.6 Å². The zero-order chi connectivity index (χ0) is 14.4. The Labute approximate surface area is 115 Å². The highest BCUT2D eigenvalue weighted by Crippen LogP contribution is 2.13. The van der Waals surface area contributed by atoms with E-state index in [0.717, 1.165) is 11.8 Å². The van der Waals surface area contributed by atoms with Gasteiger partial charge in [0.1, 0.15) is 6.42 Å². The number of rotatable bonds is 6. The minimum absolute atomic E-state index is 0.0737. The van der Waals surface area contributed by atoms with Crippen LogP contribution in [-0.4, -0.2) is 34.1 Å². The summed E-state index contributed by atoms with van der Waals surface area (Å²) in [7, 11) is 0. The van der Waals surface area contributed by atoms with Gasteiger partial charge < -0.3 is 9.72 Å². The Morgan fingerprint density at radius 1 is 1.37 bits per heavy atom. The molecule has 19 heavy (non-hydrogen) atoms. The minimum atomic E-state index is -0.533. The molecule has 0 fully saturated rings. The van der Waals surface area contributed by atoms with Crippen LogP contribution < -0.4 is 5.56 Å². The van der Waals surface area contributed by atoms with Crippen LogP contribution in [0.2, 0.25) is 0 Å². The predicted octanol–water partition coefficient (Wildman–Crippen LogP) is 1.00. The number of carbonyl (C=O) groups excluding carboxylic acids is 2. The van der Waals surface area contributed by atoms with Crippen LogP contribution >= 0.6 is 11.8 Å². The van der Waals surface area contributed by atoms with E-state index in [4.69, 9.17) is 0 Å². The van der Waals surface area contributed by atoms with Crippen LogP contribution in [0.25, 0.3) is 0 Å². The van der Waals surface area contributed by atoms with E-state index in [9.17, 15) is 14.4 Å². The number of thioether (sulfide) groups is 1. The van der Waals surface area contributed by atoms with Gasteiger partial charge in [0.05, 0.1) is 12.4 Å². The molecule has 0 atom stereocenters. The fraction of sp³-hybridized carbons (Fsp3) is 0.500. The third kappa shape index (κ3) is 4.86. The number of hydrogen-bond acceptors (Lipinski definition) is 6. The first-order valence-electron chi connectivity index (χ1n) is 5.81. The summed E-state index contributed by atoms with van der Waals surface area (Å²) in [5.41, 5.74) is 0.971. The Hall–Kier alpha value is -1.63. The zero-order valence-corrected chi connectivity index (χ0v) is 11.9. The van der Waals surface area contributed by atoms with Crippen molar-refractivity contribution in [2.24, 2.45) is 0 Å². The van der Waals surface area contributed by atoms with Gasteiger partial charge in [0.2, 0.25) is 0 Å². The number of nitrogens with one attached hydrogen (secondary N) is 1. The summed E-state index contributed by atoms with van der Waals surface area (Å²) in [5.74, 6) is -0.719. The summed E-state index contributed by atoms with van der Waals surface area (Å²) in [5, 5.41) is 0.380. The van der Waals surface area contributed by atoms with Gasteiger partial charge in [-0.2, -0.15) is 0 Å². The molecule has 0 aromatic carbocycles. The van der Waals surface area contributed by atoms with Crippen molar-refractivity contribution in [2.45, 2.75) is 32.3 Å². The molecular weight excluding hydrogens is 268 g/mol. The second-order valence-electron chi connectivity index (χ2n) is 3.89.